The maximum atomic E-state index is 12.6. The second kappa shape index (κ2) is 8.43. The number of hydrogen-bond donors (Lipinski definition) is 1. The molecule has 1 N–H and O–H groups in total. The number of furan rings is 1. The summed E-state index contributed by atoms with van der Waals surface area (Å²) in [6, 6.07) is 5.36. The van der Waals surface area contributed by atoms with Crippen LogP contribution in [0.1, 0.15) is 30.2 Å². The van der Waals surface area contributed by atoms with Crippen molar-refractivity contribution >= 4 is 23.7 Å². The number of aromatic nitrogens is 4. The lowest BCUT2D eigenvalue weighted by Crippen LogP contribution is -2.38. The van der Waals surface area contributed by atoms with Crippen LogP contribution in [0.4, 0.5) is 11.8 Å². The third-order valence-corrected chi connectivity index (χ3v) is 4.58. The number of likely N-dealkylation sites (tertiary alicyclic amines) is 1. The molecule has 0 unspecified atom stereocenters. The first-order valence-corrected chi connectivity index (χ1v) is 9.15. The van der Waals surface area contributed by atoms with Crippen LogP contribution in [0.3, 0.4) is 0 Å². The average Bonchev–Trinajstić information content (AvgIpc) is 3.27. The van der Waals surface area contributed by atoms with E-state index >= 15 is 0 Å². The highest BCUT2D eigenvalue weighted by molar-refractivity contribution is 5.91. The lowest BCUT2D eigenvalue weighted by molar-refractivity contribution is -0.127. The smallest absolute Gasteiger partial charge is 0.246 e. The van der Waals surface area contributed by atoms with Crippen molar-refractivity contribution in [1.82, 2.24) is 24.8 Å². The first-order chi connectivity index (χ1) is 13.8. The number of amides is 1. The zero-order valence-electron chi connectivity index (χ0n) is 15.2. The molecule has 3 aromatic heterocycles. The van der Waals surface area contributed by atoms with Gasteiger partial charge in [-0.2, -0.15) is 0 Å². The van der Waals surface area contributed by atoms with E-state index in [9.17, 15) is 4.79 Å². The summed E-state index contributed by atoms with van der Waals surface area (Å²) in [7, 11) is 0. The second-order valence-electron chi connectivity index (χ2n) is 6.46. The lowest BCUT2D eigenvalue weighted by Gasteiger charge is -2.32. The Kier molecular flexibility index (Phi) is 5.37. The molecular weight excluding hydrogens is 356 g/mol. The van der Waals surface area contributed by atoms with Crippen LogP contribution in [0, 0.1) is 0 Å². The molecule has 0 spiro atoms. The summed E-state index contributed by atoms with van der Waals surface area (Å²) in [6.45, 7) is 1.31. The van der Waals surface area contributed by atoms with E-state index in [2.05, 4.69) is 25.3 Å². The highest BCUT2D eigenvalue weighted by Crippen LogP contribution is 2.30. The summed E-state index contributed by atoms with van der Waals surface area (Å²) >= 11 is 0. The number of nitrogens with zero attached hydrogens (tertiary/aromatic N) is 5. The van der Waals surface area contributed by atoms with Crippen LogP contribution in [0.2, 0.25) is 0 Å². The number of rotatable bonds is 5. The van der Waals surface area contributed by atoms with Crippen LogP contribution in [-0.2, 0) is 4.79 Å². The van der Waals surface area contributed by atoms with Gasteiger partial charge in [-0.25, -0.2) is 15.0 Å². The largest absolute Gasteiger partial charge is 0.465 e. The summed E-state index contributed by atoms with van der Waals surface area (Å²) in [6.07, 6.45) is 13.3. The van der Waals surface area contributed by atoms with Gasteiger partial charge in [-0.1, -0.05) is 0 Å². The third-order valence-electron chi connectivity index (χ3n) is 4.58. The number of anilines is 2. The van der Waals surface area contributed by atoms with E-state index < -0.39 is 0 Å². The first kappa shape index (κ1) is 17.8. The summed E-state index contributed by atoms with van der Waals surface area (Å²) in [5.41, 5.74) is 0.822. The molecular formula is C20H20N6O2. The maximum absolute atomic E-state index is 12.6. The molecule has 1 saturated heterocycles. The molecule has 1 amide bonds. The van der Waals surface area contributed by atoms with Crippen LogP contribution in [0.5, 0.6) is 0 Å². The SMILES string of the molecule is O=C(/C=C/c1ccco1)N1CCC[C@H](c2nccnc2Nc2ncccn2)C1. The molecule has 1 fully saturated rings. The van der Waals surface area contributed by atoms with Crippen molar-refractivity contribution in [3.63, 3.8) is 0 Å². The van der Waals surface area contributed by atoms with Gasteiger partial charge >= 0.3 is 0 Å². The molecule has 0 aromatic carbocycles. The maximum Gasteiger partial charge on any atom is 0.246 e. The van der Waals surface area contributed by atoms with Gasteiger partial charge in [0.2, 0.25) is 11.9 Å². The topological polar surface area (TPSA) is 97.0 Å². The zero-order valence-corrected chi connectivity index (χ0v) is 15.2. The number of carbonyl (C=O) groups is 1. The Bertz CT molecular complexity index is 942. The van der Waals surface area contributed by atoms with E-state index in [-0.39, 0.29) is 11.8 Å². The van der Waals surface area contributed by atoms with Crippen LogP contribution in [-0.4, -0.2) is 43.8 Å². The molecule has 1 aliphatic rings. The standard InChI is InChI=1S/C20H20N6O2/c27-17(7-6-16-5-2-13-28-16)26-12-1-4-15(14-26)18-19(22-11-10-21-18)25-20-23-8-3-9-24-20/h2-3,5-11,13,15H,1,4,12,14H2,(H,22,23,24,25)/b7-6+/t15-/m0/s1. The van der Waals surface area contributed by atoms with Crippen molar-refractivity contribution in [3.05, 3.63) is 66.8 Å². The van der Waals surface area contributed by atoms with Gasteiger partial charge in [-0.3, -0.25) is 9.78 Å². The van der Waals surface area contributed by atoms with Crippen molar-refractivity contribution in [2.75, 3.05) is 18.4 Å². The minimum Gasteiger partial charge on any atom is -0.465 e. The predicted molar refractivity (Wildman–Crippen MR) is 104 cm³/mol. The quantitative estimate of drug-likeness (QED) is 0.684. The fourth-order valence-corrected chi connectivity index (χ4v) is 3.26. The van der Waals surface area contributed by atoms with Gasteiger partial charge in [0.15, 0.2) is 5.82 Å². The van der Waals surface area contributed by atoms with Gasteiger partial charge < -0.3 is 14.6 Å². The molecule has 142 valence electrons. The Morgan fingerprint density at radius 1 is 1.14 bits per heavy atom. The fourth-order valence-electron chi connectivity index (χ4n) is 3.26. The van der Waals surface area contributed by atoms with Crippen molar-refractivity contribution in [1.29, 1.82) is 0 Å². The molecule has 3 aromatic rings. The second-order valence-corrected chi connectivity index (χ2v) is 6.46. The van der Waals surface area contributed by atoms with Crippen LogP contribution >= 0.6 is 0 Å². The fraction of sp³-hybridized carbons (Fsp3) is 0.250. The average molecular weight is 376 g/mol. The van der Waals surface area contributed by atoms with Gasteiger partial charge in [0.05, 0.1) is 12.0 Å². The van der Waals surface area contributed by atoms with Crippen LogP contribution < -0.4 is 5.32 Å². The highest BCUT2D eigenvalue weighted by Gasteiger charge is 2.27. The monoisotopic (exact) mass is 376 g/mol. The highest BCUT2D eigenvalue weighted by atomic mass is 16.3. The summed E-state index contributed by atoms with van der Waals surface area (Å²) in [4.78, 5) is 31.7. The van der Waals surface area contributed by atoms with Gasteiger partial charge in [-0.05, 0) is 37.1 Å². The third kappa shape index (κ3) is 4.22. The zero-order chi connectivity index (χ0) is 19.2. The van der Waals surface area contributed by atoms with Gasteiger partial charge in [0, 0.05) is 49.9 Å². The molecule has 1 atom stereocenters. The normalized spacial score (nSPS) is 17.0. The van der Waals surface area contributed by atoms with Gasteiger partial charge in [0.1, 0.15) is 5.76 Å². The van der Waals surface area contributed by atoms with Gasteiger partial charge in [0.25, 0.3) is 0 Å². The van der Waals surface area contributed by atoms with E-state index in [1.54, 1.807) is 55.3 Å². The Balaban J connectivity index is 1.48. The molecule has 4 rings (SSSR count). The van der Waals surface area contributed by atoms with E-state index in [4.69, 9.17) is 4.42 Å². The minimum absolute atomic E-state index is 0.0362. The summed E-state index contributed by atoms with van der Waals surface area (Å²) < 4.78 is 5.24. The van der Waals surface area contributed by atoms with E-state index in [1.165, 1.54) is 0 Å². The van der Waals surface area contributed by atoms with E-state index in [0.717, 1.165) is 25.1 Å². The summed E-state index contributed by atoms with van der Waals surface area (Å²) in [5, 5.41) is 3.13. The molecule has 0 saturated carbocycles. The van der Waals surface area contributed by atoms with Crippen molar-refractivity contribution in [2.45, 2.75) is 18.8 Å². The molecule has 8 heteroatoms. The first-order valence-electron chi connectivity index (χ1n) is 9.15. The molecule has 4 heterocycles. The van der Waals surface area contributed by atoms with E-state index in [1.807, 2.05) is 11.0 Å². The van der Waals surface area contributed by atoms with Crippen LogP contribution in [0.25, 0.3) is 6.08 Å². The molecule has 28 heavy (non-hydrogen) atoms. The van der Waals surface area contributed by atoms with Gasteiger partial charge in [-0.15, -0.1) is 0 Å². The number of hydrogen-bond acceptors (Lipinski definition) is 7. The van der Waals surface area contributed by atoms with Crippen molar-refractivity contribution in [3.8, 4) is 0 Å². The minimum atomic E-state index is -0.0362. The predicted octanol–water partition coefficient (Wildman–Crippen LogP) is 3.02. The van der Waals surface area contributed by atoms with Crippen molar-refractivity contribution in [2.24, 2.45) is 0 Å². The van der Waals surface area contributed by atoms with Crippen LogP contribution in [0.15, 0.2) is 59.7 Å². The Morgan fingerprint density at radius 2 is 2.00 bits per heavy atom. The molecule has 0 bridgehead atoms. The summed E-state index contributed by atoms with van der Waals surface area (Å²) in [5.74, 6) is 1.80. The number of carbonyl (C=O) groups excluding carboxylic acids is 1. The molecule has 8 nitrogen and oxygen atoms in total. The molecule has 1 aliphatic heterocycles. The Hall–Kier alpha value is -3.55. The van der Waals surface area contributed by atoms with Crippen molar-refractivity contribution < 1.29 is 9.21 Å². The number of nitrogens with one attached hydrogen (secondary N) is 1. The Morgan fingerprint density at radius 3 is 2.82 bits per heavy atom. The van der Waals surface area contributed by atoms with E-state index in [0.29, 0.717) is 24.1 Å². The molecule has 0 radical (unpaired) electrons. The molecule has 0 aliphatic carbocycles. The Labute approximate surface area is 162 Å². The lowest BCUT2D eigenvalue weighted by atomic mass is 9.94. The number of piperidine rings is 1.